The maximum absolute atomic E-state index is 6.09. The summed E-state index contributed by atoms with van der Waals surface area (Å²) in [7, 11) is 0. The summed E-state index contributed by atoms with van der Waals surface area (Å²) in [5.41, 5.74) is 1.09. The van der Waals surface area contributed by atoms with Crippen LogP contribution in [-0.4, -0.2) is 11.8 Å². The van der Waals surface area contributed by atoms with Crippen LogP contribution in [0.1, 0.15) is 5.56 Å². The van der Waals surface area contributed by atoms with Gasteiger partial charge in [0.05, 0.1) is 0 Å². The van der Waals surface area contributed by atoms with Gasteiger partial charge in [-0.3, -0.25) is 0 Å². The largest absolute Gasteiger partial charge is 0.454 e. The molecule has 1 aromatic heterocycles. The summed E-state index contributed by atoms with van der Waals surface area (Å²) in [6.45, 7) is 0.917. The molecule has 1 aliphatic heterocycles. The lowest BCUT2D eigenvalue weighted by Crippen LogP contribution is -2.02. The van der Waals surface area contributed by atoms with Crippen LogP contribution in [0.4, 0.5) is 5.82 Å². The molecule has 0 radical (unpaired) electrons. The van der Waals surface area contributed by atoms with E-state index in [-0.39, 0.29) is 6.79 Å². The molecule has 1 N–H and O–H groups in total. The first-order valence-electron chi connectivity index (χ1n) is 6.97. The zero-order valence-corrected chi connectivity index (χ0v) is 12.4. The van der Waals surface area contributed by atoms with Crippen LogP contribution in [0.15, 0.2) is 48.5 Å². The molecule has 4 rings (SSSR count). The lowest BCUT2D eigenvalue weighted by molar-refractivity contribution is 0.174. The molecule has 22 heavy (non-hydrogen) atoms. The fraction of sp³-hybridized carbons (Fsp3) is 0.118. The third-order valence-electron chi connectivity index (χ3n) is 3.61. The molecule has 1 aliphatic rings. The second kappa shape index (κ2) is 5.39. The Kier molecular flexibility index (Phi) is 3.24. The van der Waals surface area contributed by atoms with Crippen molar-refractivity contribution in [3.63, 3.8) is 0 Å². The number of ether oxygens (including phenoxy) is 2. The number of hydrogen-bond donors (Lipinski definition) is 1. The van der Waals surface area contributed by atoms with E-state index < -0.39 is 0 Å². The topological polar surface area (TPSA) is 43.4 Å². The number of hydrogen-bond acceptors (Lipinski definition) is 4. The highest BCUT2D eigenvalue weighted by atomic mass is 35.5. The SMILES string of the molecule is Clc1cc2ccccc2c(NCc2ccc3c(c2)OCO3)n1. The molecule has 0 atom stereocenters. The standard InChI is InChI=1S/C17H13ClN2O2/c18-16-8-12-3-1-2-4-13(12)17(20-16)19-9-11-5-6-14-15(7-11)22-10-21-14/h1-8H,9-10H2,(H,19,20). The van der Waals surface area contributed by atoms with Crippen molar-refractivity contribution in [3.05, 3.63) is 59.2 Å². The Morgan fingerprint density at radius 2 is 1.91 bits per heavy atom. The first kappa shape index (κ1) is 13.2. The number of fused-ring (bicyclic) bond motifs is 2. The van der Waals surface area contributed by atoms with Crippen LogP contribution < -0.4 is 14.8 Å². The fourth-order valence-electron chi connectivity index (χ4n) is 2.54. The average Bonchev–Trinajstić information content (AvgIpc) is 3.00. The Morgan fingerprint density at radius 1 is 1.05 bits per heavy atom. The van der Waals surface area contributed by atoms with Gasteiger partial charge in [-0.25, -0.2) is 4.98 Å². The summed E-state index contributed by atoms with van der Waals surface area (Å²) >= 11 is 6.09. The minimum Gasteiger partial charge on any atom is -0.454 e. The minimum atomic E-state index is 0.284. The Morgan fingerprint density at radius 3 is 2.86 bits per heavy atom. The van der Waals surface area contributed by atoms with Crippen LogP contribution in [0, 0.1) is 0 Å². The van der Waals surface area contributed by atoms with E-state index in [4.69, 9.17) is 21.1 Å². The molecule has 0 unspecified atom stereocenters. The second-order valence-corrected chi connectivity index (χ2v) is 5.44. The highest BCUT2D eigenvalue weighted by Crippen LogP contribution is 2.33. The number of anilines is 1. The summed E-state index contributed by atoms with van der Waals surface area (Å²) in [6, 6.07) is 15.8. The van der Waals surface area contributed by atoms with Gasteiger partial charge < -0.3 is 14.8 Å². The number of nitrogens with one attached hydrogen (secondary N) is 1. The number of halogens is 1. The summed E-state index contributed by atoms with van der Waals surface area (Å²) in [6.07, 6.45) is 0. The molecule has 0 bridgehead atoms. The van der Waals surface area contributed by atoms with Crippen LogP contribution >= 0.6 is 11.6 Å². The van der Waals surface area contributed by atoms with Crippen molar-refractivity contribution < 1.29 is 9.47 Å². The van der Waals surface area contributed by atoms with Gasteiger partial charge in [-0.1, -0.05) is 41.9 Å². The van der Waals surface area contributed by atoms with Crippen molar-refractivity contribution in [1.29, 1.82) is 0 Å². The van der Waals surface area contributed by atoms with Gasteiger partial charge in [-0.05, 0) is 29.1 Å². The molecule has 5 heteroatoms. The second-order valence-electron chi connectivity index (χ2n) is 5.06. The first-order chi connectivity index (χ1) is 10.8. The van der Waals surface area contributed by atoms with Gasteiger partial charge >= 0.3 is 0 Å². The maximum Gasteiger partial charge on any atom is 0.231 e. The molecular weight excluding hydrogens is 300 g/mol. The molecule has 4 nitrogen and oxygen atoms in total. The van der Waals surface area contributed by atoms with E-state index in [0.717, 1.165) is 33.7 Å². The first-order valence-corrected chi connectivity index (χ1v) is 7.35. The number of rotatable bonds is 3. The summed E-state index contributed by atoms with van der Waals surface area (Å²) in [4.78, 5) is 4.39. The minimum absolute atomic E-state index is 0.284. The van der Waals surface area contributed by atoms with Crippen molar-refractivity contribution in [2.45, 2.75) is 6.54 Å². The van der Waals surface area contributed by atoms with E-state index in [2.05, 4.69) is 10.3 Å². The number of aromatic nitrogens is 1. The predicted octanol–water partition coefficient (Wildman–Crippen LogP) is 4.23. The molecule has 0 fully saturated rings. The normalized spacial score (nSPS) is 12.6. The van der Waals surface area contributed by atoms with Crippen molar-refractivity contribution in [3.8, 4) is 11.5 Å². The Labute approximate surface area is 132 Å². The zero-order valence-electron chi connectivity index (χ0n) is 11.7. The van der Waals surface area contributed by atoms with Gasteiger partial charge in [-0.2, -0.15) is 0 Å². The average molecular weight is 313 g/mol. The number of benzene rings is 2. The molecule has 0 spiro atoms. The predicted molar refractivity (Wildman–Crippen MR) is 86.6 cm³/mol. The molecule has 3 aromatic rings. The third kappa shape index (κ3) is 2.42. The molecule has 2 aromatic carbocycles. The maximum atomic E-state index is 6.09. The highest BCUT2D eigenvalue weighted by Gasteiger charge is 2.13. The van der Waals surface area contributed by atoms with Gasteiger partial charge in [0.25, 0.3) is 0 Å². The number of nitrogens with zero attached hydrogens (tertiary/aromatic N) is 1. The Balaban J connectivity index is 1.61. The van der Waals surface area contributed by atoms with Gasteiger partial charge in [0.15, 0.2) is 11.5 Å². The monoisotopic (exact) mass is 312 g/mol. The summed E-state index contributed by atoms with van der Waals surface area (Å²) < 4.78 is 10.7. The molecule has 0 saturated carbocycles. The van der Waals surface area contributed by atoms with Crippen LogP contribution in [0.5, 0.6) is 11.5 Å². The zero-order chi connectivity index (χ0) is 14.9. The van der Waals surface area contributed by atoms with E-state index in [9.17, 15) is 0 Å². The van der Waals surface area contributed by atoms with Crippen LogP contribution in [0.3, 0.4) is 0 Å². The van der Waals surface area contributed by atoms with Crippen molar-refractivity contribution in [2.75, 3.05) is 12.1 Å². The molecule has 2 heterocycles. The van der Waals surface area contributed by atoms with Crippen molar-refractivity contribution in [2.24, 2.45) is 0 Å². The summed E-state index contributed by atoms with van der Waals surface area (Å²) in [5.74, 6) is 2.35. The Hall–Kier alpha value is -2.46. The van der Waals surface area contributed by atoms with Crippen molar-refractivity contribution >= 4 is 28.2 Å². The molecule has 0 saturated heterocycles. The van der Waals surface area contributed by atoms with E-state index >= 15 is 0 Å². The van der Waals surface area contributed by atoms with Gasteiger partial charge in [0.2, 0.25) is 6.79 Å². The fourth-order valence-corrected chi connectivity index (χ4v) is 2.74. The summed E-state index contributed by atoms with van der Waals surface area (Å²) in [5, 5.41) is 5.94. The molecule has 0 amide bonds. The lowest BCUT2D eigenvalue weighted by atomic mass is 10.1. The van der Waals surface area contributed by atoms with Crippen LogP contribution in [0.25, 0.3) is 10.8 Å². The lowest BCUT2D eigenvalue weighted by Gasteiger charge is -2.10. The quantitative estimate of drug-likeness (QED) is 0.735. The van der Waals surface area contributed by atoms with Gasteiger partial charge in [0.1, 0.15) is 11.0 Å². The molecule has 0 aliphatic carbocycles. The Bertz CT molecular complexity index is 851. The van der Waals surface area contributed by atoms with E-state index in [1.54, 1.807) is 0 Å². The van der Waals surface area contributed by atoms with Crippen molar-refractivity contribution in [1.82, 2.24) is 4.98 Å². The third-order valence-corrected chi connectivity index (χ3v) is 3.80. The van der Waals surface area contributed by atoms with Gasteiger partial charge in [-0.15, -0.1) is 0 Å². The van der Waals surface area contributed by atoms with Crippen LogP contribution in [-0.2, 0) is 6.54 Å². The van der Waals surface area contributed by atoms with E-state index in [0.29, 0.717) is 11.7 Å². The number of pyridine rings is 1. The van der Waals surface area contributed by atoms with Gasteiger partial charge in [0, 0.05) is 11.9 Å². The smallest absolute Gasteiger partial charge is 0.231 e. The van der Waals surface area contributed by atoms with E-state index in [1.807, 2.05) is 48.5 Å². The van der Waals surface area contributed by atoms with Crippen LogP contribution in [0.2, 0.25) is 5.15 Å². The molecular formula is C17H13ClN2O2. The van der Waals surface area contributed by atoms with E-state index in [1.165, 1.54) is 0 Å². The molecule has 110 valence electrons. The highest BCUT2D eigenvalue weighted by molar-refractivity contribution is 6.30.